The molecule has 6 nitrogen and oxygen atoms in total. The van der Waals surface area contributed by atoms with Crippen LogP contribution in [0.4, 0.5) is 62.6 Å². The summed E-state index contributed by atoms with van der Waals surface area (Å²) in [7, 11) is 0. The molecule has 368 valence electrons. The summed E-state index contributed by atoms with van der Waals surface area (Å²) in [5.74, 6) is 0. The molecule has 8 heteroatoms. The van der Waals surface area contributed by atoms with Crippen LogP contribution in [-0.2, 0) is 5.41 Å². The molecule has 0 bridgehead atoms. The summed E-state index contributed by atoms with van der Waals surface area (Å²) >= 11 is 0. The molecule has 1 aliphatic carbocycles. The predicted octanol–water partition coefficient (Wildman–Crippen LogP) is 15.4. The molecule has 0 fully saturated rings. The molecule has 2 aromatic heterocycles. The molecule has 0 N–H and O–H groups in total. The highest BCUT2D eigenvalue weighted by Gasteiger charge is 2.55. The third-order valence-electron chi connectivity index (χ3n) is 17.9. The zero-order chi connectivity index (χ0) is 51.8. The average molecular weight is 1010 g/mol. The number of benzene rings is 11. The Balaban J connectivity index is 1.03. The minimum atomic E-state index is -0.370. The lowest BCUT2D eigenvalue weighted by Gasteiger charge is -2.48. The van der Waals surface area contributed by atoms with Gasteiger partial charge in [0.1, 0.15) is 22.3 Å². The van der Waals surface area contributed by atoms with Gasteiger partial charge in [0.2, 0.25) is 6.71 Å². The second kappa shape index (κ2) is 15.6. The van der Waals surface area contributed by atoms with Crippen molar-refractivity contribution in [3.05, 3.63) is 259 Å². The number of rotatable bonds is 4. The van der Waals surface area contributed by atoms with E-state index in [2.05, 4.69) is 276 Å². The van der Waals surface area contributed by atoms with Crippen molar-refractivity contribution in [1.82, 2.24) is 0 Å². The lowest BCUT2D eigenvalue weighted by atomic mass is 9.28. The van der Waals surface area contributed by atoms with Gasteiger partial charge in [0.25, 0.3) is 6.71 Å². The standard InChI is InChI=1S/C71H46B2N4O2/c1-71(2)50-34-18-15-31-47(50)67-70(71)73-53-39-52-55(40-56(53)75(44-25-9-4-10-26-44)58-42-62-64(49-33-17-22-38-60(49)79-62)69(66(58)73)77(67)46-29-13-6-14-30-46)74(43-23-7-3-8-24-43)57-41-61-63(48-32-16-21-37-59(48)78-61)68-65(57)72(52)51-35-19-20-36-54(51)76(68)45-27-11-5-12-28-45/h3-42H,1-2H3. The summed E-state index contributed by atoms with van der Waals surface area (Å²) in [5.41, 5.74) is 27.0. The normalized spacial score (nSPS) is 15.1. The molecular formula is C71H46B2N4O2. The van der Waals surface area contributed by atoms with E-state index in [1.165, 1.54) is 55.3 Å². The Labute approximate surface area is 457 Å². The molecule has 13 aromatic rings. The SMILES string of the molecule is CC1(C)C2=C(c3ccccc31)N(c1ccccc1)c1c3c(cc4oc5ccccc5c14)N(c1ccccc1)c1cc4c(cc1B23)B1c2ccccc2N(c2ccccc2)c2c1c(cc1oc3ccccc3c21)N4c1ccccc1. The van der Waals surface area contributed by atoms with Crippen LogP contribution in [0, 0.1) is 0 Å². The molecule has 0 amide bonds. The monoisotopic (exact) mass is 1010 g/mol. The number of anilines is 11. The molecule has 18 rings (SSSR count). The van der Waals surface area contributed by atoms with Gasteiger partial charge in [0.15, 0.2) is 0 Å². The zero-order valence-corrected chi connectivity index (χ0v) is 43.4. The third kappa shape index (κ3) is 5.62. The highest BCUT2D eigenvalue weighted by molar-refractivity contribution is 7.02. The van der Waals surface area contributed by atoms with Gasteiger partial charge in [-0.1, -0.05) is 177 Å². The van der Waals surface area contributed by atoms with Crippen molar-refractivity contribution in [2.75, 3.05) is 19.6 Å². The summed E-state index contributed by atoms with van der Waals surface area (Å²) in [6, 6.07) is 89.2. The Morgan fingerprint density at radius 1 is 0.342 bits per heavy atom. The van der Waals surface area contributed by atoms with E-state index in [4.69, 9.17) is 8.83 Å². The van der Waals surface area contributed by atoms with Crippen LogP contribution in [-0.4, -0.2) is 13.4 Å². The van der Waals surface area contributed by atoms with Crippen LogP contribution in [0.3, 0.4) is 0 Å². The van der Waals surface area contributed by atoms with Crippen LogP contribution >= 0.6 is 0 Å². The molecule has 0 atom stereocenters. The predicted molar refractivity (Wildman–Crippen MR) is 330 cm³/mol. The first-order chi connectivity index (χ1) is 39.0. The Kier molecular flexibility index (Phi) is 8.54. The van der Waals surface area contributed by atoms with Gasteiger partial charge in [0.05, 0.1) is 22.1 Å². The second-order valence-electron chi connectivity index (χ2n) is 22.3. The molecule has 0 spiro atoms. The van der Waals surface area contributed by atoms with E-state index in [0.29, 0.717) is 0 Å². The Morgan fingerprint density at radius 3 is 1.37 bits per heavy atom. The number of nitrogens with zero attached hydrogens (tertiary/aromatic N) is 4. The molecule has 4 aliphatic heterocycles. The molecular weight excluding hydrogens is 962 g/mol. The van der Waals surface area contributed by atoms with Gasteiger partial charge in [-0.2, -0.15) is 0 Å². The van der Waals surface area contributed by atoms with Crippen molar-refractivity contribution >= 4 is 153 Å². The van der Waals surface area contributed by atoms with E-state index in [-0.39, 0.29) is 18.8 Å². The summed E-state index contributed by atoms with van der Waals surface area (Å²) in [5, 5.41) is 4.45. The molecule has 5 aliphatic rings. The minimum Gasteiger partial charge on any atom is -0.456 e. The maximum absolute atomic E-state index is 7.09. The number of allylic oxidation sites excluding steroid dienone is 1. The highest BCUT2D eigenvalue weighted by atomic mass is 16.3. The van der Waals surface area contributed by atoms with Crippen molar-refractivity contribution in [3.8, 4) is 0 Å². The van der Waals surface area contributed by atoms with Gasteiger partial charge >= 0.3 is 0 Å². The summed E-state index contributed by atoms with van der Waals surface area (Å²) < 4.78 is 14.1. The maximum Gasteiger partial charge on any atom is 0.252 e. The van der Waals surface area contributed by atoms with Gasteiger partial charge < -0.3 is 28.4 Å². The van der Waals surface area contributed by atoms with Crippen molar-refractivity contribution in [1.29, 1.82) is 0 Å². The van der Waals surface area contributed by atoms with Crippen LogP contribution in [0.5, 0.6) is 0 Å². The smallest absolute Gasteiger partial charge is 0.252 e. The van der Waals surface area contributed by atoms with E-state index in [1.807, 2.05) is 0 Å². The van der Waals surface area contributed by atoms with Crippen molar-refractivity contribution < 1.29 is 8.83 Å². The van der Waals surface area contributed by atoms with Gasteiger partial charge in [-0.25, -0.2) is 0 Å². The zero-order valence-electron chi connectivity index (χ0n) is 43.4. The number of hydrogen-bond donors (Lipinski definition) is 0. The first kappa shape index (κ1) is 43.2. The van der Waals surface area contributed by atoms with E-state index in [1.54, 1.807) is 0 Å². The quantitative estimate of drug-likeness (QED) is 0.164. The molecule has 0 radical (unpaired) electrons. The Morgan fingerprint density at radius 2 is 0.785 bits per heavy atom. The van der Waals surface area contributed by atoms with Gasteiger partial charge in [-0.05, 0) is 106 Å². The Hall–Kier alpha value is -9.91. The number of para-hydroxylation sites is 7. The first-order valence-corrected chi connectivity index (χ1v) is 27.5. The number of furan rings is 2. The van der Waals surface area contributed by atoms with Crippen molar-refractivity contribution in [3.63, 3.8) is 0 Å². The fourth-order valence-electron chi connectivity index (χ4n) is 14.9. The Bertz CT molecular complexity index is 4800. The second-order valence-corrected chi connectivity index (χ2v) is 22.3. The van der Waals surface area contributed by atoms with E-state index < -0.39 is 0 Å². The molecule has 0 saturated heterocycles. The van der Waals surface area contributed by atoms with E-state index in [9.17, 15) is 0 Å². The molecule has 79 heavy (non-hydrogen) atoms. The summed E-state index contributed by atoms with van der Waals surface area (Å²) in [6.45, 7) is 4.61. The van der Waals surface area contributed by atoms with Crippen LogP contribution in [0.25, 0.3) is 49.6 Å². The third-order valence-corrected chi connectivity index (χ3v) is 17.9. The lowest BCUT2D eigenvalue weighted by Crippen LogP contribution is -2.64. The largest absolute Gasteiger partial charge is 0.456 e. The summed E-state index contributed by atoms with van der Waals surface area (Å²) in [4.78, 5) is 10.2. The van der Waals surface area contributed by atoms with Gasteiger partial charge in [-0.3, -0.25) is 0 Å². The van der Waals surface area contributed by atoms with Crippen LogP contribution in [0.1, 0.15) is 25.0 Å². The molecule has 6 heterocycles. The van der Waals surface area contributed by atoms with Gasteiger partial charge in [0, 0.05) is 90.8 Å². The summed E-state index contributed by atoms with van der Waals surface area (Å²) in [6.07, 6.45) is 0. The minimum absolute atomic E-state index is 0.155. The van der Waals surface area contributed by atoms with Crippen LogP contribution < -0.4 is 46.9 Å². The van der Waals surface area contributed by atoms with Crippen LogP contribution in [0.2, 0.25) is 0 Å². The maximum atomic E-state index is 7.09. The number of fused-ring (bicyclic) bond motifs is 17. The van der Waals surface area contributed by atoms with Crippen molar-refractivity contribution in [2.45, 2.75) is 19.3 Å². The van der Waals surface area contributed by atoms with Crippen LogP contribution in [0.15, 0.2) is 257 Å². The first-order valence-electron chi connectivity index (χ1n) is 27.5. The van der Waals surface area contributed by atoms with Crippen molar-refractivity contribution in [2.24, 2.45) is 0 Å². The lowest BCUT2D eigenvalue weighted by molar-refractivity contribution is 0.665. The fraction of sp³-hybridized carbons (Fsp3) is 0.0423. The molecule has 0 saturated carbocycles. The highest BCUT2D eigenvalue weighted by Crippen LogP contribution is 2.59. The van der Waals surface area contributed by atoms with E-state index in [0.717, 1.165) is 101 Å². The van der Waals surface area contributed by atoms with E-state index >= 15 is 0 Å². The fourth-order valence-corrected chi connectivity index (χ4v) is 14.9. The average Bonchev–Trinajstić information content (AvgIpc) is 3.16. The molecule has 11 aromatic carbocycles. The molecule has 0 unspecified atom stereocenters. The van der Waals surface area contributed by atoms with Gasteiger partial charge in [-0.15, -0.1) is 0 Å². The number of hydrogen-bond acceptors (Lipinski definition) is 6. The topological polar surface area (TPSA) is 39.2 Å².